The molecule has 0 aliphatic carbocycles. The highest BCUT2D eigenvalue weighted by Crippen LogP contribution is 2.38. The molecule has 126 valence electrons. The van der Waals surface area contributed by atoms with Crippen molar-refractivity contribution >= 4 is 0 Å². The van der Waals surface area contributed by atoms with Crippen LogP contribution in [0.1, 0.15) is 98.0 Å². The fraction of sp³-hybridized carbons (Fsp3) is 0.727. The van der Waals surface area contributed by atoms with Gasteiger partial charge in [0.15, 0.2) is 0 Å². The van der Waals surface area contributed by atoms with Crippen LogP contribution in [0.2, 0.25) is 0 Å². The topological polar surface area (TPSA) is 0 Å². The smallest absolute Gasteiger partial charge is 0.0162 e. The first kappa shape index (κ1) is 19.3. The van der Waals surface area contributed by atoms with E-state index < -0.39 is 0 Å². The summed E-state index contributed by atoms with van der Waals surface area (Å²) < 4.78 is 0. The van der Waals surface area contributed by atoms with Crippen LogP contribution in [0.25, 0.3) is 0 Å². The summed E-state index contributed by atoms with van der Waals surface area (Å²) in [6.07, 6.45) is 9.36. The van der Waals surface area contributed by atoms with Gasteiger partial charge < -0.3 is 0 Å². The van der Waals surface area contributed by atoms with Crippen molar-refractivity contribution in [1.29, 1.82) is 0 Å². The van der Waals surface area contributed by atoms with Crippen LogP contribution in [-0.2, 0) is 0 Å². The van der Waals surface area contributed by atoms with Gasteiger partial charge in [0.05, 0.1) is 0 Å². The van der Waals surface area contributed by atoms with Crippen molar-refractivity contribution in [3.05, 3.63) is 35.9 Å². The minimum absolute atomic E-state index is 0.435. The molecule has 0 nitrogen and oxygen atoms in total. The summed E-state index contributed by atoms with van der Waals surface area (Å²) >= 11 is 0. The molecule has 0 heteroatoms. The highest BCUT2D eigenvalue weighted by Gasteiger charge is 2.25. The van der Waals surface area contributed by atoms with E-state index >= 15 is 0 Å². The van der Waals surface area contributed by atoms with Gasteiger partial charge in [-0.1, -0.05) is 91.1 Å². The second-order valence-corrected chi connectivity index (χ2v) is 9.04. The zero-order chi connectivity index (χ0) is 16.6. The second-order valence-electron chi connectivity index (χ2n) is 9.04. The van der Waals surface area contributed by atoms with Gasteiger partial charge in [-0.3, -0.25) is 0 Å². The molecule has 0 aliphatic heterocycles. The van der Waals surface area contributed by atoms with Crippen LogP contribution in [0.4, 0.5) is 0 Å². The van der Waals surface area contributed by atoms with Gasteiger partial charge in [-0.05, 0) is 48.0 Å². The Balaban J connectivity index is 2.53. The first-order valence-corrected chi connectivity index (χ1v) is 9.28. The van der Waals surface area contributed by atoms with Gasteiger partial charge >= 0.3 is 0 Å². The van der Waals surface area contributed by atoms with E-state index in [1.807, 2.05) is 0 Å². The predicted molar refractivity (Wildman–Crippen MR) is 100 cm³/mol. The minimum Gasteiger partial charge on any atom is -0.0654 e. The van der Waals surface area contributed by atoms with Crippen molar-refractivity contribution in [1.82, 2.24) is 0 Å². The van der Waals surface area contributed by atoms with Crippen molar-refractivity contribution in [2.75, 3.05) is 0 Å². The summed E-state index contributed by atoms with van der Waals surface area (Å²) in [6.45, 7) is 14.3. The number of hydrogen-bond acceptors (Lipinski definition) is 0. The maximum atomic E-state index is 2.45. The van der Waals surface area contributed by atoms with Gasteiger partial charge in [0, 0.05) is 0 Å². The molecule has 1 rings (SSSR count). The maximum Gasteiger partial charge on any atom is -0.0162 e. The van der Waals surface area contributed by atoms with E-state index in [4.69, 9.17) is 0 Å². The van der Waals surface area contributed by atoms with E-state index in [0.29, 0.717) is 10.8 Å². The van der Waals surface area contributed by atoms with Crippen molar-refractivity contribution in [2.24, 2.45) is 10.8 Å². The summed E-state index contributed by atoms with van der Waals surface area (Å²) in [5.41, 5.74) is 2.44. The third-order valence-electron chi connectivity index (χ3n) is 4.59. The maximum absolute atomic E-state index is 2.45. The molecular weight excluding hydrogens is 264 g/mol. The SMILES string of the molecule is CCCCC(CCCC(C)(C)CC(C)(C)C)c1ccccc1. The molecule has 0 bridgehead atoms. The van der Waals surface area contributed by atoms with Crippen LogP contribution in [0.3, 0.4) is 0 Å². The molecule has 0 N–H and O–H groups in total. The predicted octanol–water partition coefficient (Wildman–Crippen LogP) is 7.59. The standard InChI is InChI=1S/C22H38/c1-7-8-13-19(20-14-10-9-11-15-20)16-12-17-22(5,6)18-21(2,3)4/h9-11,14-15,19H,7-8,12-13,16-18H2,1-6H3. The van der Waals surface area contributed by atoms with Gasteiger partial charge in [0.2, 0.25) is 0 Å². The number of benzene rings is 1. The van der Waals surface area contributed by atoms with Gasteiger partial charge in [-0.2, -0.15) is 0 Å². The summed E-state index contributed by atoms with van der Waals surface area (Å²) in [7, 11) is 0. The van der Waals surface area contributed by atoms with E-state index in [2.05, 4.69) is 71.9 Å². The van der Waals surface area contributed by atoms with Crippen molar-refractivity contribution in [3.8, 4) is 0 Å². The first-order chi connectivity index (χ1) is 10.2. The molecular formula is C22H38. The lowest BCUT2D eigenvalue weighted by Crippen LogP contribution is -2.20. The third-order valence-corrected chi connectivity index (χ3v) is 4.59. The molecule has 1 unspecified atom stereocenters. The number of rotatable bonds is 9. The molecule has 0 aromatic heterocycles. The van der Waals surface area contributed by atoms with Gasteiger partial charge in [-0.25, -0.2) is 0 Å². The molecule has 0 saturated carbocycles. The lowest BCUT2D eigenvalue weighted by atomic mass is 9.73. The molecule has 1 aromatic rings. The van der Waals surface area contributed by atoms with Crippen LogP contribution < -0.4 is 0 Å². The summed E-state index contributed by atoms with van der Waals surface area (Å²) in [5.74, 6) is 0.756. The average molecular weight is 303 g/mol. The Morgan fingerprint density at radius 1 is 0.864 bits per heavy atom. The monoisotopic (exact) mass is 302 g/mol. The highest BCUT2D eigenvalue weighted by molar-refractivity contribution is 5.19. The van der Waals surface area contributed by atoms with Crippen LogP contribution in [0, 0.1) is 10.8 Å². The van der Waals surface area contributed by atoms with Crippen molar-refractivity contribution in [2.45, 2.75) is 92.4 Å². The molecule has 0 amide bonds. The minimum atomic E-state index is 0.435. The number of unbranched alkanes of at least 4 members (excludes halogenated alkanes) is 1. The Morgan fingerprint density at radius 3 is 2.00 bits per heavy atom. The van der Waals surface area contributed by atoms with E-state index in [1.54, 1.807) is 5.56 Å². The Morgan fingerprint density at radius 2 is 1.45 bits per heavy atom. The Labute approximate surface area is 139 Å². The largest absolute Gasteiger partial charge is 0.0654 e. The van der Waals surface area contributed by atoms with E-state index in [-0.39, 0.29) is 0 Å². The molecule has 0 spiro atoms. The molecule has 0 fully saturated rings. The van der Waals surface area contributed by atoms with E-state index in [9.17, 15) is 0 Å². The van der Waals surface area contributed by atoms with Crippen molar-refractivity contribution < 1.29 is 0 Å². The van der Waals surface area contributed by atoms with E-state index in [1.165, 1.54) is 44.9 Å². The summed E-state index contributed by atoms with van der Waals surface area (Å²) in [4.78, 5) is 0. The summed E-state index contributed by atoms with van der Waals surface area (Å²) in [5, 5.41) is 0. The molecule has 0 saturated heterocycles. The van der Waals surface area contributed by atoms with Gasteiger partial charge in [-0.15, -0.1) is 0 Å². The van der Waals surface area contributed by atoms with Crippen molar-refractivity contribution in [3.63, 3.8) is 0 Å². The summed E-state index contributed by atoms with van der Waals surface area (Å²) in [6, 6.07) is 11.2. The van der Waals surface area contributed by atoms with Gasteiger partial charge in [0.1, 0.15) is 0 Å². The molecule has 1 atom stereocenters. The Hall–Kier alpha value is -0.780. The zero-order valence-corrected chi connectivity index (χ0v) is 15.9. The molecule has 0 heterocycles. The highest BCUT2D eigenvalue weighted by atomic mass is 14.3. The Bertz CT molecular complexity index is 394. The molecule has 1 aromatic carbocycles. The number of hydrogen-bond donors (Lipinski definition) is 0. The molecule has 22 heavy (non-hydrogen) atoms. The third kappa shape index (κ3) is 8.01. The van der Waals surface area contributed by atoms with Gasteiger partial charge in [0.25, 0.3) is 0 Å². The van der Waals surface area contributed by atoms with Crippen LogP contribution in [0.15, 0.2) is 30.3 Å². The quantitative estimate of drug-likeness (QED) is 0.440. The fourth-order valence-corrected chi connectivity index (χ4v) is 4.00. The molecule has 0 aliphatic rings. The van der Waals surface area contributed by atoms with Crippen LogP contribution in [0.5, 0.6) is 0 Å². The van der Waals surface area contributed by atoms with Crippen LogP contribution >= 0.6 is 0 Å². The zero-order valence-electron chi connectivity index (χ0n) is 15.9. The lowest BCUT2D eigenvalue weighted by molar-refractivity contribution is 0.192. The second kappa shape index (κ2) is 8.75. The average Bonchev–Trinajstić information content (AvgIpc) is 2.41. The molecule has 0 radical (unpaired) electrons. The fourth-order valence-electron chi connectivity index (χ4n) is 4.00. The first-order valence-electron chi connectivity index (χ1n) is 9.28. The lowest BCUT2D eigenvalue weighted by Gasteiger charge is -2.33. The van der Waals surface area contributed by atoms with Crippen LogP contribution in [-0.4, -0.2) is 0 Å². The normalized spacial score (nSPS) is 14.1. The van der Waals surface area contributed by atoms with E-state index in [0.717, 1.165) is 5.92 Å². The Kier molecular flexibility index (Phi) is 7.66.